The molecule has 0 spiro atoms. The molecule has 84 valence electrons. The second-order valence-corrected chi connectivity index (χ2v) is 4.69. The zero-order chi connectivity index (χ0) is 11.5. The fraction of sp³-hybridized carbons (Fsp3) is 0.333. The summed E-state index contributed by atoms with van der Waals surface area (Å²) in [5.74, 6) is 0. The Morgan fingerprint density at radius 2 is 2.19 bits per heavy atom. The fourth-order valence-electron chi connectivity index (χ4n) is 1.76. The highest BCUT2D eigenvalue weighted by molar-refractivity contribution is 9.10. The van der Waals surface area contributed by atoms with Crippen molar-refractivity contribution in [1.29, 1.82) is 0 Å². The quantitative estimate of drug-likeness (QED) is 0.864. The summed E-state index contributed by atoms with van der Waals surface area (Å²) in [6, 6.07) is 4.00. The number of hydrogen-bond acceptors (Lipinski definition) is 3. The number of rotatable bonds is 3. The molecule has 2 aromatic heterocycles. The Kier molecular flexibility index (Phi) is 3.39. The average molecular weight is 280 g/mol. The van der Waals surface area contributed by atoms with Crippen LogP contribution in [-0.2, 0) is 0 Å². The normalized spacial score (nSPS) is 10.7. The zero-order valence-corrected chi connectivity index (χ0v) is 11.0. The Bertz CT molecular complexity index is 499. The molecule has 16 heavy (non-hydrogen) atoms. The van der Waals surface area contributed by atoms with Crippen molar-refractivity contribution in [2.75, 3.05) is 18.5 Å². The number of aromatic nitrogens is 2. The van der Waals surface area contributed by atoms with E-state index in [4.69, 9.17) is 0 Å². The number of halogens is 1. The molecule has 0 saturated carbocycles. The molecule has 0 N–H and O–H groups in total. The van der Waals surface area contributed by atoms with Gasteiger partial charge in [0.2, 0.25) is 0 Å². The van der Waals surface area contributed by atoms with Crippen molar-refractivity contribution >= 4 is 32.7 Å². The highest BCUT2D eigenvalue weighted by Crippen LogP contribution is 2.24. The van der Waals surface area contributed by atoms with Crippen LogP contribution in [0.15, 0.2) is 29.0 Å². The Morgan fingerprint density at radius 1 is 1.38 bits per heavy atom. The van der Waals surface area contributed by atoms with E-state index in [1.807, 2.05) is 24.5 Å². The van der Waals surface area contributed by atoms with Gasteiger partial charge >= 0.3 is 0 Å². The third-order valence-electron chi connectivity index (χ3n) is 2.49. The molecule has 0 aromatic carbocycles. The molecule has 0 amide bonds. The van der Waals surface area contributed by atoms with Crippen molar-refractivity contribution in [1.82, 2.24) is 9.97 Å². The minimum atomic E-state index is 0.926. The molecule has 0 saturated heterocycles. The van der Waals surface area contributed by atoms with Crippen LogP contribution in [0.25, 0.3) is 11.0 Å². The largest absolute Gasteiger partial charge is 0.373 e. The summed E-state index contributed by atoms with van der Waals surface area (Å²) in [5, 5.41) is 0. The summed E-state index contributed by atoms with van der Waals surface area (Å²) in [6.45, 7) is 3.20. The van der Waals surface area contributed by atoms with Crippen LogP contribution in [0, 0.1) is 0 Å². The number of nitrogens with zero attached hydrogens (tertiary/aromatic N) is 3. The highest BCUT2D eigenvalue weighted by Gasteiger charge is 2.07. The molecule has 0 atom stereocenters. The Labute approximate surface area is 104 Å². The Balaban J connectivity index is 2.53. The predicted octanol–water partition coefficient (Wildman–Crippen LogP) is 3.24. The van der Waals surface area contributed by atoms with Gasteiger partial charge in [-0.05, 0) is 34.5 Å². The van der Waals surface area contributed by atoms with E-state index in [0.717, 1.165) is 34.2 Å². The summed E-state index contributed by atoms with van der Waals surface area (Å²) in [7, 11) is 2.09. The second-order valence-electron chi connectivity index (χ2n) is 3.77. The van der Waals surface area contributed by atoms with Crippen molar-refractivity contribution in [2.24, 2.45) is 0 Å². The SMILES string of the molecule is CCCN(C)c1ccnc2cc(Br)cnc12. The molecule has 0 aliphatic carbocycles. The van der Waals surface area contributed by atoms with E-state index in [2.05, 4.69) is 44.8 Å². The maximum Gasteiger partial charge on any atom is 0.112 e. The standard InChI is InChI=1S/C12H14BrN3/c1-3-6-16(2)11-4-5-14-10-7-9(13)8-15-12(10)11/h4-5,7-8H,3,6H2,1-2H3. The minimum absolute atomic E-state index is 0.926. The van der Waals surface area contributed by atoms with Crippen LogP contribution in [0.1, 0.15) is 13.3 Å². The number of hydrogen-bond donors (Lipinski definition) is 0. The molecule has 2 aromatic rings. The van der Waals surface area contributed by atoms with Gasteiger partial charge in [-0.1, -0.05) is 6.92 Å². The van der Waals surface area contributed by atoms with Gasteiger partial charge in [0.1, 0.15) is 5.52 Å². The van der Waals surface area contributed by atoms with Crippen LogP contribution >= 0.6 is 15.9 Å². The Hall–Kier alpha value is -1.16. The van der Waals surface area contributed by atoms with Gasteiger partial charge in [0.15, 0.2) is 0 Å². The molecule has 4 heteroatoms. The van der Waals surface area contributed by atoms with Crippen LogP contribution in [0.4, 0.5) is 5.69 Å². The fourth-order valence-corrected chi connectivity index (χ4v) is 2.07. The van der Waals surface area contributed by atoms with E-state index in [0.29, 0.717) is 0 Å². The van der Waals surface area contributed by atoms with Crippen molar-refractivity contribution in [3.63, 3.8) is 0 Å². The molecule has 2 heterocycles. The van der Waals surface area contributed by atoms with Crippen LogP contribution < -0.4 is 4.90 Å². The lowest BCUT2D eigenvalue weighted by molar-refractivity contribution is 0.853. The maximum atomic E-state index is 4.43. The summed E-state index contributed by atoms with van der Waals surface area (Å²) in [5.41, 5.74) is 3.02. The first-order valence-corrected chi connectivity index (χ1v) is 6.13. The predicted molar refractivity (Wildman–Crippen MR) is 70.8 cm³/mol. The summed E-state index contributed by atoms with van der Waals surface area (Å²) >= 11 is 3.41. The van der Waals surface area contributed by atoms with Gasteiger partial charge in [-0.3, -0.25) is 9.97 Å². The monoisotopic (exact) mass is 279 g/mol. The molecule has 3 nitrogen and oxygen atoms in total. The zero-order valence-electron chi connectivity index (χ0n) is 9.44. The maximum absolute atomic E-state index is 4.43. The van der Waals surface area contributed by atoms with Gasteiger partial charge in [-0.25, -0.2) is 0 Å². The lowest BCUT2D eigenvalue weighted by atomic mass is 10.2. The van der Waals surface area contributed by atoms with E-state index < -0.39 is 0 Å². The van der Waals surface area contributed by atoms with Crippen LogP contribution in [0.5, 0.6) is 0 Å². The van der Waals surface area contributed by atoms with Crippen LogP contribution in [0.3, 0.4) is 0 Å². The van der Waals surface area contributed by atoms with Gasteiger partial charge < -0.3 is 4.90 Å². The van der Waals surface area contributed by atoms with Crippen LogP contribution in [0.2, 0.25) is 0 Å². The molecule has 0 unspecified atom stereocenters. The topological polar surface area (TPSA) is 29.0 Å². The van der Waals surface area contributed by atoms with E-state index in [1.165, 1.54) is 0 Å². The van der Waals surface area contributed by atoms with E-state index >= 15 is 0 Å². The second kappa shape index (κ2) is 4.78. The molecule has 0 fully saturated rings. The lowest BCUT2D eigenvalue weighted by Gasteiger charge is -2.19. The van der Waals surface area contributed by atoms with Gasteiger partial charge in [0.25, 0.3) is 0 Å². The number of fused-ring (bicyclic) bond motifs is 1. The van der Waals surface area contributed by atoms with Gasteiger partial charge in [-0.2, -0.15) is 0 Å². The molecule has 0 bridgehead atoms. The average Bonchev–Trinajstić information content (AvgIpc) is 2.28. The van der Waals surface area contributed by atoms with Crippen molar-refractivity contribution < 1.29 is 0 Å². The summed E-state index contributed by atoms with van der Waals surface area (Å²) in [6.07, 6.45) is 4.77. The Morgan fingerprint density at radius 3 is 2.94 bits per heavy atom. The summed E-state index contributed by atoms with van der Waals surface area (Å²) in [4.78, 5) is 11.0. The van der Waals surface area contributed by atoms with Crippen molar-refractivity contribution in [3.05, 3.63) is 29.0 Å². The molecule has 0 radical (unpaired) electrons. The van der Waals surface area contributed by atoms with Gasteiger partial charge in [-0.15, -0.1) is 0 Å². The number of anilines is 1. The van der Waals surface area contributed by atoms with Gasteiger partial charge in [0.05, 0.1) is 11.2 Å². The van der Waals surface area contributed by atoms with Crippen molar-refractivity contribution in [3.8, 4) is 0 Å². The molecular formula is C12H14BrN3. The van der Waals surface area contributed by atoms with E-state index in [-0.39, 0.29) is 0 Å². The van der Waals surface area contributed by atoms with Crippen molar-refractivity contribution in [2.45, 2.75) is 13.3 Å². The first-order chi connectivity index (χ1) is 7.72. The first-order valence-electron chi connectivity index (χ1n) is 5.33. The summed E-state index contributed by atoms with van der Waals surface area (Å²) < 4.78 is 0.961. The van der Waals surface area contributed by atoms with Crippen LogP contribution in [-0.4, -0.2) is 23.6 Å². The smallest absolute Gasteiger partial charge is 0.112 e. The number of pyridine rings is 2. The van der Waals surface area contributed by atoms with E-state index in [9.17, 15) is 0 Å². The van der Waals surface area contributed by atoms with Gasteiger partial charge in [0, 0.05) is 30.5 Å². The highest BCUT2D eigenvalue weighted by atomic mass is 79.9. The first kappa shape index (κ1) is 11.3. The third kappa shape index (κ3) is 2.16. The molecule has 2 rings (SSSR count). The third-order valence-corrected chi connectivity index (χ3v) is 2.93. The molecule has 0 aliphatic heterocycles. The molecule has 0 aliphatic rings. The molecular weight excluding hydrogens is 266 g/mol. The minimum Gasteiger partial charge on any atom is -0.373 e. The lowest BCUT2D eigenvalue weighted by Crippen LogP contribution is -2.18. The van der Waals surface area contributed by atoms with E-state index in [1.54, 1.807) is 0 Å².